The van der Waals surface area contributed by atoms with E-state index >= 15 is 0 Å². The Morgan fingerprint density at radius 2 is 2.06 bits per heavy atom. The fourth-order valence-corrected chi connectivity index (χ4v) is 5.65. The first kappa shape index (κ1) is 22.1. The number of amides is 1. The Kier molecular flexibility index (Phi) is 4.81. The van der Waals surface area contributed by atoms with Crippen LogP contribution in [0.4, 0.5) is 4.39 Å². The lowest BCUT2D eigenvalue weighted by Crippen LogP contribution is -2.33. The molecule has 0 saturated heterocycles. The predicted molar refractivity (Wildman–Crippen MR) is 117 cm³/mol. The second-order valence-corrected chi connectivity index (χ2v) is 10.2. The first-order valence-corrected chi connectivity index (χ1v) is 11.7. The zero-order valence-corrected chi connectivity index (χ0v) is 18.8. The molecular formula is C20H15ClFN5O6S. The smallest absolute Gasteiger partial charge is 0.362 e. The highest BCUT2D eigenvalue weighted by molar-refractivity contribution is 7.91. The molecule has 0 spiro atoms. The molecule has 0 radical (unpaired) electrons. The van der Waals surface area contributed by atoms with Crippen molar-refractivity contribution in [3.05, 3.63) is 62.1 Å². The molecule has 0 unspecified atom stereocenters. The van der Waals surface area contributed by atoms with Crippen molar-refractivity contribution in [3.63, 3.8) is 0 Å². The summed E-state index contributed by atoms with van der Waals surface area (Å²) in [5.41, 5.74) is -2.71. The second kappa shape index (κ2) is 7.40. The van der Waals surface area contributed by atoms with Gasteiger partial charge in [0.2, 0.25) is 15.7 Å². The molecule has 2 aromatic carbocycles. The molecule has 0 aliphatic heterocycles. The fourth-order valence-electron chi connectivity index (χ4n) is 3.97. The Labute approximate surface area is 194 Å². The molecule has 1 fully saturated rings. The molecule has 1 aliphatic rings. The van der Waals surface area contributed by atoms with E-state index in [2.05, 4.69) is 15.4 Å². The van der Waals surface area contributed by atoms with Gasteiger partial charge in [0.15, 0.2) is 0 Å². The van der Waals surface area contributed by atoms with Gasteiger partial charge in [0.05, 0.1) is 54.9 Å². The standard InChI is InChI=1S/C20H15ClFN5O6S/c1-8(28)24-13-6-15(13)26-14-5-9(4-12(22)10(14)7-23-26)34(32,33)16-3-2-11(21)17-18(16)25-20(30)27(31)19(17)29/h2-5,7,13,15,31H,6H2,1H3,(H,24,28)(H,25,30)/t13-,15-/m1/s1. The molecular weight excluding hydrogens is 493 g/mol. The van der Waals surface area contributed by atoms with Crippen LogP contribution in [0.15, 0.2) is 49.8 Å². The van der Waals surface area contributed by atoms with Gasteiger partial charge in [-0.05, 0) is 30.7 Å². The first-order valence-electron chi connectivity index (χ1n) is 9.86. The third kappa shape index (κ3) is 3.27. The molecule has 1 saturated carbocycles. The van der Waals surface area contributed by atoms with Gasteiger partial charge in [-0.2, -0.15) is 5.10 Å². The van der Waals surface area contributed by atoms with Crippen molar-refractivity contribution in [1.82, 2.24) is 24.8 Å². The van der Waals surface area contributed by atoms with Gasteiger partial charge in [0, 0.05) is 6.92 Å². The number of hydrogen-bond acceptors (Lipinski definition) is 7. The topological polar surface area (TPSA) is 156 Å². The number of halogens is 2. The Balaban J connectivity index is 1.70. The average Bonchev–Trinajstić information content (AvgIpc) is 3.36. The van der Waals surface area contributed by atoms with Gasteiger partial charge >= 0.3 is 5.69 Å². The van der Waals surface area contributed by atoms with Crippen LogP contribution in [0.2, 0.25) is 5.02 Å². The van der Waals surface area contributed by atoms with Crippen molar-refractivity contribution in [2.24, 2.45) is 0 Å². The van der Waals surface area contributed by atoms with Crippen molar-refractivity contribution >= 4 is 49.2 Å². The van der Waals surface area contributed by atoms with E-state index in [1.54, 1.807) is 0 Å². The maximum absolute atomic E-state index is 14.9. The lowest BCUT2D eigenvalue weighted by atomic mass is 10.2. The zero-order valence-electron chi connectivity index (χ0n) is 17.2. The van der Waals surface area contributed by atoms with E-state index in [4.69, 9.17) is 11.6 Å². The molecule has 34 heavy (non-hydrogen) atoms. The highest BCUT2D eigenvalue weighted by Gasteiger charge is 2.41. The van der Waals surface area contributed by atoms with Crippen LogP contribution in [0.3, 0.4) is 0 Å². The normalized spacial score (nSPS) is 17.9. The maximum Gasteiger partial charge on any atom is 0.362 e. The minimum Gasteiger partial charge on any atom is -0.421 e. The molecule has 14 heteroatoms. The summed E-state index contributed by atoms with van der Waals surface area (Å²) in [5, 5.41) is 16.0. The van der Waals surface area contributed by atoms with Gasteiger partial charge in [-0.3, -0.25) is 14.3 Å². The number of rotatable bonds is 4. The number of fused-ring (bicyclic) bond motifs is 2. The van der Waals surface area contributed by atoms with Gasteiger partial charge in [-0.1, -0.05) is 16.3 Å². The second-order valence-electron chi connectivity index (χ2n) is 7.88. The van der Waals surface area contributed by atoms with Crippen molar-refractivity contribution < 1.29 is 22.8 Å². The molecule has 0 bridgehead atoms. The Morgan fingerprint density at radius 1 is 1.32 bits per heavy atom. The zero-order chi connectivity index (χ0) is 24.5. The van der Waals surface area contributed by atoms with Gasteiger partial charge in [0.25, 0.3) is 5.56 Å². The molecule has 11 nitrogen and oxygen atoms in total. The minimum absolute atomic E-state index is 0.0879. The molecule has 3 N–H and O–H groups in total. The molecule has 5 rings (SSSR count). The van der Waals surface area contributed by atoms with Gasteiger partial charge in [-0.15, -0.1) is 0 Å². The number of carbonyl (C=O) groups excluding carboxylic acids is 1. The number of hydrogen-bond donors (Lipinski definition) is 3. The van der Waals surface area contributed by atoms with Gasteiger partial charge < -0.3 is 15.5 Å². The maximum atomic E-state index is 14.9. The Morgan fingerprint density at radius 3 is 2.76 bits per heavy atom. The van der Waals surface area contributed by atoms with E-state index in [9.17, 15) is 32.4 Å². The summed E-state index contributed by atoms with van der Waals surface area (Å²) < 4.78 is 43.1. The predicted octanol–water partition coefficient (Wildman–Crippen LogP) is 1.35. The van der Waals surface area contributed by atoms with Gasteiger partial charge in [-0.25, -0.2) is 17.6 Å². The van der Waals surface area contributed by atoms with Crippen LogP contribution >= 0.6 is 11.6 Å². The van der Waals surface area contributed by atoms with E-state index in [1.165, 1.54) is 23.9 Å². The van der Waals surface area contributed by atoms with Crippen LogP contribution in [-0.2, 0) is 14.6 Å². The van der Waals surface area contributed by atoms with Crippen molar-refractivity contribution in [1.29, 1.82) is 0 Å². The summed E-state index contributed by atoms with van der Waals surface area (Å²) in [6.45, 7) is 1.37. The molecule has 2 heterocycles. The fraction of sp³-hybridized carbons (Fsp3) is 0.200. The molecule has 176 valence electrons. The molecule has 1 aliphatic carbocycles. The number of sulfone groups is 1. The summed E-state index contributed by atoms with van der Waals surface area (Å²) in [6.07, 6.45) is 1.81. The quantitative estimate of drug-likeness (QED) is 0.352. The third-order valence-corrected chi connectivity index (χ3v) is 7.74. The number of aromatic amines is 1. The number of nitrogens with one attached hydrogen (secondary N) is 2. The SMILES string of the molecule is CC(=O)N[C@@H]1C[C@H]1n1ncc2c(F)cc(S(=O)(=O)c3ccc(Cl)c4c(=O)n(O)c(=O)[nH]c34)cc21. The van der Waals surface area contributed by atoms with Crippen molar-refractivity contribution in [3.8, 4) is 0 Å². The van der Waals surface area contributed by atoms with Crippen LogP contribution in [0.25, 0.3) is 21.8 Å². The Bertz CT molecular complexity index is 1760. The highest BCUT2D eigenvalue weighted by Crippen LogP contribution is 2.39. The van der Waals surface area contributed by atoms with Crippen LogP contribution in [-0.4, -0.2) is 45.1 Å². The van der Waals surface area contributed by atoms with E-state index in [0.717, 1.165) is 18.2 Å². The number of aromatic nitrogens is 4. The lowest BCUT2D eigenvalue weighted by molar-refractivity contribution is -0.119. The van der Waals surface area contributed by atoms with Crippen molar-refractivity contribution in [2.75, 3.05) is 0 Å². The third-order valence-electron chi connectivity index (χ3n) is 5.65. The molecule has 1 amide bonds. The van der Waals surface area contributed by atoms with Crippen LogP contribution in [0, 0.1) is 5.82 Å². The van der Waals surface area contributed by atoms with E-state index in [1.807, 2.05) is 0 Å². The van der Waals surface area contributed by atoms with Crippen LogP contribution < -0.4 is 16.6 Å². The first-order chi connectivity index (χ1) is 16.0. The summed E-state index contributed by atoms with van der Waals surface area (Å²) in [6, 6.07) is 3.76. The molecule has 4 aromatic rings. The van der Waals surface area contributed by atoms with Crippen LogP contribution in [0.1, 0.15) is 19.4 Å². The van der Waals surface area contributed by atoms with Crippen molar-refractivity contribution in [2.45, 2.75) is 35.2 Å². The minimum atomic E-state index is -4.48. The number of nitrogens with zero attached hydrogens (tertiary/aromatic N) is 3. The number of benzene rings is 2. The summed E-state index contributed by atoms with van der Waals surface area (Å²) in [7, 11) is -4.48. The monoisotopic (exact) mass is 507 g/mol. The number of H-pyrrole nitrogens is 1. The summed E-state index contributed by atoms with van der Waals surface area (Å²) >= 11 is 6.01. The van der Waals surface area contributed by atoms with E-state index in [-0.39, 0.29) is 38.6 Å². The Hall–Kier alpha value is -3.71. The summed E-state index contributed by atoms with van der Waals surface area (Å²) in [5.74, 6) is -1.08. The molecule has 2 aromatic heterocycles. The molecule has 2 atom stereocenters. The van der Waals surface area contributed by atoms with E-state index in [0.29, 0.717) is 6.42 Å². The highest BCUT2D eigenvalue weighted by atomic mass is 35.5. The lowest BCUT2D eigenvalue weighted by Gasteiger charge is -2.11. The largest absolute Gasteiger partial charge is 0.421 e. The van der Waals surface area contributed by atoms with E-state index < -0.39 is 47.6 Å². The van der Waals surface area contributed by atoms with Gasteiger partial charge in [0.1, 0.15) is 5.82 Å². The number of carbonyl (C=O) groups is 1. The summed E-state index contributed by atoms with van der Waals surface area (Å²) in [4.78, 5) is 36.7. The van der Waals surface area contributed by atoms with Crippen LogP contribution in [0.5, 0.6) is 0 Å². The average molecular weight is 508 g/mol.